The molecular formula is C12H22N2O. The Bertz CT molecular complexity index is 240. The van der Waals surface area contributed by atoms with Crippen LogP contribution in [0.1, 0.15) is 33.1 Å². The maximum atomic E-state index is 11.8. The molecule has 86 valence electrons. The zero-order valence-corrected chi connectivity index (χ0v) is 9.81. The van der Waals surface area contributed by atoms with Crippen LogP contribution < -0.4 is 10.6 Å². The molecule has 3 heteroatoms. The van der Waals surface area contributed by atoms with Gasteiger partial charge < -0.3 is 10.6 Å². The number of carbonyl (C=O) groups excluding carboxylic acids is 1. The van der Waals surface area contributed by atoms with Crippen LogP contribution in [0.4, 0.5) is 0 Å². The molecule has 1 amide bonds. The van der Waals surface area contributed by atoms with Gasteiger partial charge in [-0.1, -0.05) is 13.8 Å². The van der Waals surface area contributed by atoms with Gasteiger partial charge in [0.25, 0.3) is 0 Å². The average Bonchev–Trinajstić information content (AvgIpc) is 2.80. The van der Waals surface area contributed by atoms with Crippen molar-refractivity contribution in [3.8, 4) is 0 Å². The standard InChI is InChI=1S/C12H22N2O/c1-9(2)12(4-5-12)8-14-11(15)10-3-6-13-7-10/h9-10,13H,3-8H2,1-2H3,(H,14,15). The molecule has 0 aromatic rings. The van der Waals surface area contributed by atoms with Crippen LogP contribution in [0, 0.1) is 17.3 Å². The van der Waals surface area contributed by atoms with Crippen molar-refractivity contribution in [1.82, 2.24) is 10.6 Å². The van der Waals surface area contributed by atoms with Crippen molar-refractivity contribution in [2.24, 2.45) is 17.3 Å². The van der Waals surface area contributed by atoms with E-state index in [2.05, 4.69) is 24.5 Å². The van der Waals surface area contributed by atoms with E-state index in [-0.39, 0.29) is 11.8 Å². The number of carbonyl (C=O) groups is 1. The van der Waals surface area contributed by atoms with E-state index in [9.17, 15) is 4.79 Å². The third-order valence-corrected chi connectivity index (χ3v) is 4.16. The first-order chi connectivity index (χ1) is 7.14. The van der Waals surface area contributed by atoms with Gasteiger partial charge in [0.15, 0.2) is 0 Å². The van der Waals surface area contributed by atoms with Crippen LogP contribution >= 0.6 is 0 Å². The minimum atomic E-state index is 0.216. The number of rotatable bonds is 4. The molecule has 1 atom stereocenters. The van der Waals surface area contributed by atoms with Crippen molar-refractivity contribution in [3.05, 3.63) is 0 Å². The molecule has 0 spiro atoms. The summed E-state index contributed by atoms with van der Waals surface area (Å²) in [7, 11) is 0. The van der Waals surface area contributed by atoms with Crippen LogP contribution in [0.5, 0.6) is 0 Å². The molecule has 1 unspecified atom stereocenters. The smallest absolute Gasteiger partial charge is 0.224 e. The van der Waals surface area contributed by atoms with E-state index in [4.69, 9.17) is 0 Å². The molecule has 2 aliphatic rings. The number of amides is 1. The highest BCUT2D eigenvalue weighted by molar-refractivity contribution is 5.79. The summed E-state index contributed by atoms with van der Waals surface area (Å²) in [6.07, 6.45) is 3.57. The lowest BCUT2D eigenvalue weighted by molar-refractivity contribution is -0.124. The van der Waals surface area contributed by atoms with E-state index in [1.807, 2.05) is 0 Å². The molecular weight excluding hydrogens is 188 g/mol. The van der Waals surface area contributed by atoms with Gasteiger partial charge in [0, 0.05) is 13.1 Å². The van der Waals surface area contributed by atoms with Crippen LogP contribution in [0.2, 0.25) is 0 Å². The summed E-state index contributed by atoms with van der Waals surface area (Å²) < 4.78 is 0. The van der Waals surface area contributed by atoms with E-state index >= 15 is 0 Å². The summed E-state index contributed by atoms with van der Waals surface area (Å²) >= 11 is 0. The molecule has 0 bridgehead atoms. The van der Waals surface area contributed by atoms with E-state index in [1.165, 1.54) is 12.8 Å². The largest absolute Gasteiger partial charge is 0.355 e. The number of nitrogens with one attached hydrogen (secondary N) is 2. The lowest BCUT2D eigenvalue weighted by Gasteiger charge is -2.21. The Morgan fingerprint density at radius 1 is 1.53 bits per heavy atom. The van der Waals surface area contributed by atoms with Gasteiger partial charge in [-0.2, -0.15) is 0 Å². The molecule has 0 aromatic heterocycles. The first-order valence-electron chi connectivity index (χ1n) is 6.12. The fraction of sp³-hybridized carbons (Fsp3) is 0.917. The Kier molecular flexibility index (Phi) is 3.01. The molecule has 15 heavy (non-hydrogen) atoms. The van der Waals surface area contributed by atoms with Gasteiger partial charge in [-0.3, -0.25) is 4.79 Å². The maximum absolute atomic E-state index is 11.8. The monoisotopic (exact) mass is 210 g/mol. The Morgan fingerprint density at radius 3 is 2.73 bits per heavy atom. The van der Waals surface area contributed by atoms with Gasteiger partial charge >= 0.3 is 0 Å². The zero-order valence-electron chi connectivity index (χ0n) is 9.81. The van der Waals surface area contributed by atoms with E-state index < -0.39 is 0 Å². The minimum Gasteiger partial charge on any atom is -0.355 e. The van der Waals surface area contributed by atoms with Gasteiger partial charge in [-0.15, -0.1) is 0 Å². The first-order valence-corrected chi connectivity index (χ1v) is 6.12. The molecule has 2 rings (SSSR count). The molecule has 1 aliphatic heterocycles. The Balaban J connectivity index is 1.75. The minimum absolute atomic E-state index is 0.216. The van der Waals surface area contributed by atoms with Crippen LogP contribution in [0.15, 0.2) is 0 Å². The third-order valence-electron chi connectivity index (χ3n) is 4.16. The van der Waals surface area contributed by atoms with Crippen LogP contribution in [-0.4, -0.2) is 25.5 Å². The molecule has 1 aliphatic carbocycles. The molecule has 2 N–H and O–H groups in total. The van der Waals surface area contributed by atoms with E-state index in [0.717, 1.165) is 26.1 Å². The molecule has 0 aromatic carbocycles. The van der Waals surface area contributed by atoms with Crippen LogP contribution in [0.3, 0.4) is 0 Å². The number of hydrogen-bond acceptors (Lipinski definition) is 2. The van der Waals surface area contributed by atoms with Gasteiger partial charge in [-0.05, 0) is 37.1 Å². The van der Waals surface area contributed by atoms with Crippen molar-refractivity contribution in [2.45, 2.75) is 33.1 Å². The van der Waals surface area contributed by atoms with Crippen molar-refractivity contribution in [1.29, 1.82) is 0 Å². The van der Waals surface area contributed by atoms with Crippen molar-refractivity contribution in [2.75, 3.05) is 19.6 Å². The highest BCUT2D eigenvalue weighted by Gasteiger charge is 2.45. The van der Waals surface area contributed by atoms with E-state index in [0.29, 0.717) is 11.3 Å². The van der Waals surface area contributed by atoms with Crippen molar-refractivity contribution >= 4 is 5.91 Å². The third kappa shape index (κ3) is 2.33. The van der Waals surface area contributed by atoms with Gasteiger partial charge in [0.1, 0.15) is 0 Å². The predicted octanol–water partition coefficient (Wildman–Crippen LogP) is 1.15. The summed E-state index contributed by atoms with van der Waals surface area (Å²) in [5, 5.41) is 6.36. The molecule has 3 nitrogen and oxygen atoms in total. The Hall–Kier alpha value is -0.570. The fourth-order valence-corrected chi connectivity index (χ4v) is 2.40. The summed E-state index contributed by atoms with van der Waals surface area (Å²) in [6.45, 7) is 7.26. The summed E-state index contributed by atoms with van der Waals surface area (Å²) in [5.74, 6) is 1.17. The summed E-state index contributed by atoms with van der Waals surface area (Å²) in [4.78, 5) is 11.8. The van der Waals surface area contributed by atoms with Crippen LogP contribution in [-0.2, 0) is 4.79 Å². The van der Waals surface area contributed by atoms with Gasteiger partial charge in [0.05, 0.1) is 5.92 Å². The Morgan fingerprint density at radius 2 is 2.27 bits per heavy atom. The van der Waals surface area contributed by atoms with E-state index in [1.54, 1.807) is 0 Å². The molecule has 1 heterocycles. The normalized spacial score (nSPS) is 28.1. The Labute approximate surface area is 92.0 Å². The van der Waals surface area contributed by atoms with Crippen LogP contribution in [0.25, 0.3) is 0 Å². The molecule has 2 fully saturated rings. The highest BCUT2D eigenvalue weighted by Crippen LogP contribution is 2.51. The fourth-order valence-electron chi connectivity index (χ4n) is 2.40. The maximum Gasteiger partial charge on any atom is 0.224 e. The summed E-state index contributed by atoms with van der Waals surface area (Å²) in [5.41, 5.74) is 0.432. The lowest BCUT2D eigenvalue weighted by Crippen LogP contribution is -2.37. The predicted molar refractivity (Wildman–Crippen MR) is 60.5 cm³/mol. The average molecular weight is 210 g/mol. The summed E-state index contributed by atoms with van der Waals surface area (Å²) in [6, 6.07) is 0. The zero-order chi connectivity index (χ0) is 10.9. The van der Waals surface area contributed by atoms with Crippen molar-refractivity contribution in [3.63, 3.8) is 0 Å². The SMILES string of the molecule is CC(C)C1(CNC(=O)C2CCNC2)CC1. The molecule has 1 saturated carbocycles. The lowest BCUT2D eigenvalue weighted by atomic mass is 9.92. The quantitative estimate of drug-likeness (QED) is 0.731. The van der Waals surface area contributed by atoms with Crippen molar-refractivity contribution < 1.29 is 4.79 Å². The van der Waals surface area contributed by atoms with Gasteiger partial charge in [-0.25, -0.2) is 0 Å². The molecule has 1 saturated heterocycles. The second kappa shape index (κ2) is 4.12. The first kappa shape index (κ1) is 10.9. The second-order valence-corrected chi connectivity index (χ2v) is 5.42. The second-order valence-electron chi connectivity index (χ2n) is 5.42. The van der Waals surface area contributed by atoms with Gasteiger partial charge in [0.2, 0.25) is 5.91 Å². The molecule has 0 radical (unpaired) electrons. The topological polar surface area (TPSA) is 41.1 Å². The highest BCUT2D eigenvalue weighted by atomic mass is 16.1. The number of hydrogen-bond donors (Lipinski definition) is 2.